The first-order valence-electron chi connectivity index (χ1n) is 4.06. The van der Waals surface area contributed by atoms with Gasteiger partial charge < -0.3 is 10.2 Å². The summed E-state index contributed by atoms with van der Waals surface area (Å²) < 4.78 is 0. The zero-order valence-corrected chi connectivity index (χ0v) is 8.42. The first kappa shape index (κ1) is 11.9. The first-order valence-corrected chi connectivity index (χ1v) is 4.06. The van der Waals surface area contributed by atoms with Gasteiger partial charge in [0.25, 0.3) is 0 Å². The predicted octanol–water partition coefficient (Wildman–Crippen LogP) is 1.60. The van der Waals surface area contributed by atoms with Gasteiger partial charge in [0.15, 0.2) is 5.41 Å². The van der Waals surface area contributed by atoms with E-state index < -0.39 is 17.4 Å². The zero-order chi connectivity index (χ0) is 10.9. The summed E-state index contributed by atoms with van der Waals surface area (Å²) in [5, 5.41) is 17.6. The Bertz CT molecular complexity index is 210. The Labute approximate surface area is 77.6 Å². The molecule has 0 rings (SSSR count). The summed E-state index contributed by atoms with van der Waals surface area (Å²) >= 11 is 0. The number of carbonyl (C=O) groups is 2. The number of rotatable bonds is 3. The molecular formula is C9H16O4. The Morgan fingerprint density at radius 1 is 1.00 bits per heavy atom. The molecule has 0 saturated heterocycles. The molecule has 0 radical (unpaired) electrons. The summed E-state index contributed by atoms with van der Waals surface area (Å²) in [7, 11) is 0. The van der Waals surface area contributed by atoms with Crippen LogP contribution in [-0.4, -0.2) is 22.2 Å². The van der Waals surface area contributed by atoms with Gasteiger partial charge in [-0.2, -0.15) is 0 Å². The van der Waals surface area contributed by atoms with Gasteiger partial charge >= 0.3 is 11.9 Å². The molecule has 0 saturated carbocycles. The van der Waals surface area contributed by atoms with Crippen molar-refractivity contribution in [1.82, 2.24) is 0 Å². The van der Waals surface area contributed by atoms with E-state index in [4.69, 9.17) is 10.2 Å². The lowest BCUT2D eigenvalue weighted by Crippen LogP contribution is -2.39. The SMILES string of the molecule is CC(C)(C)CC(C)(C(=O)O)C(=O)O. The third-order valence-electron chi connectivity index (χ3n) is 1.83. The molecule has 0 fully saturated rings. The van der Waals surface area contributed by atoms with Gasteiger partial charge in [0.2, 0.25) is 0 Å². The summed E-state index contributed by atoms with van der Waals surface area (Å²) in [5.41, 5.74) is -2.00. The second-order valence-corrected chi connectivity index (χ2v) is 4.68. The first-order chi connectivity index (χ1) is 5.59. The van der Waals surface area contributed by atoms with Crippen LogP contribution in [0.1, 0.15) is 34.1 Å². The van der Waals surface area contributed by atoms with E-state index in [9.17, 15) is 9.59 Å². The lowest BCUT2D eigenvalue weighted by molar-refractivity contribution is -0.165. The predicted molar refractivity (Wildman–Crippen MR) is 47.5 cm³/mol. The second kappa shape index (κ2) is 3.36. The lowest BCUT2D eigenvalue weighted by Gasteiger charge is -2.28. The smallest absolute Gasteiger partial charge is 0.320 e. The van der Waals surface area contributed by atoms with Gasteiger partial charge in [-0.15, -0.1) is 0 Å². The third-order valence-corrected chi connectivity index (χ3v) is 1.83. The molecule has 0 aliphatic heterocycles. The molecule has 76 valence electrons. The van der Waals surface area contributed by atoms with Crippen molar-refractivity contribution < 1.29 is 19.8 Å². The molecular weight excluding hydrogens is 172 g/mol. The molecule has 0 heterocycles. The highest BCUT2D eigenvalue weighted by Crippen LogP contribution is 2.33. The molecule has 0 amide bonds. The van der Waals surface area contributed by atoms with Crippen molar-refractivity contribution in [2.45, 2.75) is 34.1 Å². The molecule has 0 aromatic carbocycles. The maximum Gasteiger partial charge on any atom is 0.320 e. The molecule has 2 N–H and O–H groups in total. The van der Waals surface area contributed by atoms with Crippen LogP contribution in [0.3, 0.4) is 0 Å². The van der Waals surface area contributed by atoms with Crippen molar-refractivity contribution in [1.29, 1.82) is 0 Å². The molecule has 0 aliphatic rings. The quantitative estimate of drug-likeness (QED) is 0.659. The average molecular weight is 188 g/mol. The number of carboxylic acids is 2. The highest BCUT2D eigenvalue weighted by molar-refractivity contribution is 5.97. The van der Waals surface area contributed by atoms with Crippen LogP contribution in [0.5, 0.6) is 0 Å². The van der Waals surface area contributed by atoms with Gasteiger partial charge in [0, 0.05) is 0 Å². The van der Waals surface area contributed by atoms with Crippen LogP contribution in [0.25, 0.3) is 0 Å². The van der Waals surface area contributed by atoms with Crippen molar-refractivity contribution in [3.63, 3.8) is 0 Å². The Hall–Kier alpha value is -1.06. The van der Waals surface area contributed by atoms with Crippen molar-refractivity contribution in [2.24, 2.45) is 10.8 Å². The minimum Gasteiger partial charge on any atom is -0.480 e. The molecule has 0 aliphatic carbocycles. The van der Waals surface area contributed by atoms with Gasteiger partial charge in [0.05, 0.1) is 0 Å². The van der Waals surface area contributed by atoms with Gasteiger partial charge in [-0.3, -0.25) is 9.59 Å². The molecule has 0 unspecified atom stereocenters. The van der Waals surface area contributed by atoms with E-state index in [1.807, 2.05) is 20.8 Å². The molecule has 0 aromatic heterocycles. The average Bonchev–Trinajstić information content (AvgIpc) is 1.82. The molecule has 4 nitrogen and oxygen atoms in total. The van der Waals surface area contributed by atoms with E-state index in [1.54, 1.807) is 0 Å². The lowest BCUT2D eigenvalue weighted by atomic mass is 9.75. The maximum absolute atomic E-state index is 10.8. The summed E-state index contributed by atoms with van der Waals surface area (Å²) in [5.74, 6) is -2.56. The monoisotopic (exact) mass is 188 g/mol. The van der Waals surface area contributed by atoms with E-state index in [0.717, 1.165) is 0 Å². The molecule has 0 spiro atoms. The Balaban J connectivity index is 4.84. The fourth-order valence-electron chi connectivity index (χ4n) is 1.30. The molecule has 0 atom stereocenters. The van der Waals surface area contributed by atoms with Gasteiger partial charge in [0.1, 0.15) is 0 Å². The summed E-state index contributed by atoms with van der Waals surface area (Å²) in [6, 6.07) is 0. The van der Waals surface area contributed by atoms with Crippen LogP contribution < -0.4 is 0 Å². The van der Waals surface area contributed by atoms with E-state index in [2.05, 4.69) is 0 Å². The molecule has 4 heteroatoms. The van der Waals surface area contributed by atoms with Crippen LogP contribution in [0.4, 0.5) is 0 Å². The number of hydrogen-bond acceptors (Lipinski definition) is 2. The third kappa shape index (κ3) is 3.05. The topological polar surface area (TPSA) is 74.6 Å². The maximum atomic E-state index is 10.8. The largest absolute Gasteiger partial charge is 0.480 e. The standard InChI is InChI=1S/C9H16O4/c1-8(2,3)5-9(4,6(10)11)7(12)13/h5H2,1-4H3,(H,10,11)(H,12,13). The number of hydrogen-bond donors (Lipinski definition) is 2. The highest BCUT2D eigenvalue weighted by atomic mass is 16.4. The van der Waals surface area contributed by atoms with Crippen molar-refractivity contribution in [3.8, 4) is 0 Å². The van der Waals surface area contributed by atoms with Crippen LogP contribution in [0, 0.1) is 10.8 Å². The van der Waals surface area contributed by atoms with Crippen molar-refractivity contribution in [2.75, 3.05) is 0 Å². The Morgan fingerprint density at radius 2 is 1.31 bits per heavy atom. The van der Waals surface area contributed by atoms with Crippen LogP contribution >= 0.6 is 0 Å². The second-order valence-electron chi connectivity index (χ2n) is 4.68. The normalized spacial score (nSPS) is 12.6. The summed E-state index contributed by atoms with van der Waals surface area (Å²) in [6.45, 7) is 6.69. The van der Waals surface area contributed by atoms with Gasteiger partial charge in [-0.1, -0.05) is 20.8 Å². The van der Waals surface area contributed by atoms with E-state index in [1.165, 1.54) is 6.92 Å². The van der Waals surface area contributed by atoms with Gasteiger partial charge in [-0.25, -0.2) is 0 Å². The van der Waals surface area contributed by atoms with Crippen molar-refractivity contribution >= 4 is 11.9 Å². The number of aliphatic carboxylic acids is 2. The van der Waals surface area contributed by atoms with E-state index >= 15 is 0 Å². The number of carboxylic acid groups (broad SMARTS) is 2. The highest BCUT2D eigenvalue weighted by Gasteiger charge is 2.44. The van der Waals surface area contributed by atoms with E-state index in [-0.39, 0.29) is 11.8 Å². The van der Waals surface area contributed by atoms with Crippen molar-refractivity contribution in [3.05, 3.63) is 0 Å². The van der Waals surface area contributed by atoms with Gasteiger partial charge in [-0.05, 0) is 18.8 Å². The molecule has 13 heavy (non-hydrogen) atoms. The van der Waals surface area contributed by atoms with Crippen LogP contribution in [0.2, 0.25) is 0 Å². The van der Waals surface area contributed by atoms with E-state index in [0.29, 0.717) is 0 Å². The van der Waals surface area contributed by atoms with Crippen LogP contribution in [0.15, 0.2) is 0 Å². The summed E-state index contributed by atoms with van der Waals surface area (Å²) in [4.78, 5) is 21.5. The Morgan fingerprint density at radius 3 is 1.38 bits per heavy atom. The summed E-state index contributed by atoms with van der Waals surface area (Å²) in [6.07, 6.45) is 0.116. The minimum atomic E-state index is -1.68. The van der Waals surface area contributed by atoms with Crippen LogP contribution in [-0.2, 0) is 9.59 Å². The molecule has 0 aromatic rings. The Kier molecular flexibility index (Phi) is 3.08. The minimum absolute atomic E-state index is 0.116. The zero-order valence-electron chi connectivity index (χ0n) is 8.42. The fraction of sp³-hybridized carbons (Fsp3) is 0.778. The fourth-order valence-corrected chi connectivity index (χ4v) is 1.30. The molecule has 0 bridgehead atoms.